The Labute approximate surface area is 89.4 Å². The number of unbranched alkanes of at least 4 members (excludes halogenated alkanes) is 1. The molecule has 0 aliphatic rings. The third-order valence-corrected chi connectivity index (χ3v) is 2.43. The normalized spacial score (nSPS) is 10.3. The molecule has 0 heterocycles. The van der Waals surface area contributed by atoms with Gasteiger partial charge in [-0.25, -0.2) is 4.79 Å². The maximum Gasteiger partial charge on any atom is 0.335 e. The van der Waals surface area contributed by atoms with E-state index in [9.17, 15) is 9.90 Å². The lowest BCUT2D eigenvalue weighted by atomic mass is 10.0. The molecule has 1 rings (SSSR count). The highest BCUT2D eigenvalue weighted by Gasteiger charge is 2.10. The minimum Gasteiger partial charge on any atom is -0.507 e. The van der Waals surface area contributed by atoms with Crippen molar-refractivity contribution in [2.75, 3.05) is 0 Å². The third-order valence-electron chi connectivity index (χ3n) is 2.43. The molecule has 0 unspecified atom stereocenters. The van der Waals surface area contributed by atoms with Gasteiger partial charge in [-0.3, -0.25) is 0 Å². The molecule has 82 valence electrons. The first-order valence-corrected chi connectivity index (χ1v) is 5.12. The summed E-state index contributed by atoms with van der Waals surface area (Å²) < 4.78 is 0. The lowest BCUT2D eigenvalue weighted by Gasteiger charge is -2.08. The molecule has 1 aromatic rings. The molecule has 3 nitrogen and oxygen atoms in total. The minimum absolute atomic E-state index is 0.230. The molecular formula is C12H16O3. The van der Waals surface area contributed by atoms with Gasteiger partial charge >= 0.3 is 5.97 Å². The number of hydrogen-bond acceptors (Lipinski definition) is 2. The van der Waals surface area contributed by atoms with Crippen LogP contribution in [0, 0.1) is 6.92 Å². The number of rotatable bonds is 4. The zero-order chi connectivity index (χ0) is 11.4. The summed E-state index contributed by atoms with van der Waals surface area (Å²) in [6.45, 7) is 3.78. The highest BCUT2D eigenvalue weighted by Crippen LogP contribution is 2.25. The molecule has 0 aliphatic carbocycles. The fourth-order valence-corrected chi connectivity index (χ4v) is 1.53. The summed E-state index contributed by atoms with van der Waals surface area (Å²) in [7, 11) is 0. The summed E-state index contributed by atoms with van der Waals surface area (Å²) >= 11 is 0. The first-order chi connectivity index (χ1) is 7.06. The van der Waals surface area contributed by atoms with Crippen molar-refractivity contribution in [3.63, 3.8) is 0 Å². The molecule has 0 spiro atoms. The third kappa shape index (κ3) is 2.72. The number of benzene rings is 1. The molecule has 3 heteroatoms. The van der Waals surface area contributed by atoms with Gasteiger partial charge in [0.15, 0.2) is 0 Å². The number of aromatic hydroxyl groups is 1. The molecule has 0 aromatic heterocycles. The fourth-order valence-electron chi connectivity index (χ4n) is 1.53. The van der Waals surface area contributed by atoms with Crippen molar-refractivity contribution in [2.45, 2.75) is 33.1 Å². The van der Waals surface area contributed by atoms with Gasteiger partial charge in [-0.2, -0.15) is 0 Å². The lowest BCUT2D eigenvalue weighted by Crippen LogP contribution is -1.99. The molecule has 0 amide bonds. The molecule has 0 saturated carbocycles. The van der Waals surface area contributed by atoms with Gasteiger partial charge < -0.3 is 10.2 Å². The molecule has 0 bridgehead atoms. The van der Waals surface area contributed by atoms with Crippen LogP contribution in [0.5, 0.6) is 5.75 Å². The first kappa shape index (κ1) is 11.6. The van der Waals surface area contributed by atoms with Crippen LogP contribution in [0.3, 0.4) is 0 Å². The molecular weight excluding hydrogens is 192 g/mol. The molecule has 15 heavy (non-hydrogen) atoms. The van der Waals surface area contributed by atoms with Crippen LogP contribution in [0.25, 0.3) is 0 Å². The number of phenols is 1. The summed E-state index contributed by atoms with van der Waals surface area (Å²) in [6, 6.07) is 3.05. The maximum atomic E-state index is 10.8. The fraction of sp³-hybridized carbons (Fsp3) is 0.417. The van der Waals surface area contributed by atoms with E-state index in [2.05, 4.69) is 6.92 Å². The Kier molecular flexibility index (Phi) is 3.72. The van der Waals surface area contributed by atoms with Crippen molar-refractivity contribution in [3.05, 3.63) is 28.8 Å². The van der Waals surface area contributed by atoms with E-state index in [0.717, 1.165) is 24.8 Å². The summed E-state index contributed by atoms with van der Waals surface area (Å²) in [5.41, 5.74) is 1.60. The maximum absolute atomic E-state index is 10.8. The van der Waals surface area contributed by atoms with Crippen molar-refractivity contribution >= 4 is 5.97 Å². The van der Waals surface area contributed by atoms with Gasteiger partial charge in [0.25, 0.3) is 0 Å². The van der Waals surface area contributed by atoms with Gasteiger partial charge in [-0.05, 0) is 43.0 Å². The van der Waals surface area contributed by atoms with Gasteiger partial charge in [-0.15, -0.1) is 0 Å². The zero-order valence-corrected chi connectivity index (χ0v) is 9.08. The second-order valence-electron chi connectivity index (χ2n) is 3.71. The van der Waals surface area contributed by atoms with E-state index < -0.39 is 5.97 Å². The van der Waals surface area contributed by atoms with E-state index >= 15 is 0 Å². The second kappa shape index (κ2) is 4.82. The molecule has 0 atom stereocenters. The molecule has 0 radical (unpaired) electrons. The topological polar surface area (TPSA) is 57.5 Å². The number of carbonyl (C=O) groups is 1. The Morgan fingerprint density at radius 2 is 2.07 bits per heavy atom. The number of carboxylic acid groups (broad SMARTS) is 1. The Morgan fingerprint density at radius 3 is 2.60 bits per heavy atom. The van der Waals surface area contributed by atoms with Gasteiger partial charge in [-0.1, -0.05) is 13.3 Å². The van der Waals surface area contributed by atoms with Crippen molar-refractivity contribution in [3.8, 4) is 5.75 Å². The van der Waals surface area contributed by atoms with E-state index in [1.165, 1.54) is 6.07 Å². The molecule has 0 aliphatic heterocycles. The van der Waals surface area contributed by atoms with Gasteiger partial charge in [0.1, 0.15) is 5.75 Å². The number of aromatic carboxylic acids is 1. The lowest BCUT2D eigenvalue weighted by molar-refractivity contribution is 0.0696. The summed E-state index contributed by atoms with van der Waals surface area (Å²) in [5, 5.41) is 18.6. The van der Waals surface area contributed by atoms with Crippen LogP contribution in [-0.2, 0) is 6.42 Å². The van der Waals surface area contributed by atoms with Crippen molar-refractivity contribution in [1.29, 1.82) is 0 Å². The van der Waals surface area contributed by atoms with E-state index in [-0.39, 0.29) is 11.3 Å². The van der Waals surface area contributed by atoms with Gasteiger partial charge in [0.2, 0.25) is 0 Å². The van der Waals surface area contributed by atoms with Crippen molar-refractivity contribution in [2.24, 2.45) is 0 Å². The Morgan fingerprint density at radius 1 is 1.40 bits per heavy atom. The summed E-state index contributed by atoms with van der Waals surface area (Å²) in [5.74, 6) is -0.718. The second-order valence-corrected chi connectivity index (χ2v) is 3.71. The number of hydrogen-bond donors (Lipinski definition) is 2. The van der Waals surface area contributed by atoms with Crippen LogP contribution in [-0.4, -0.2) is 16.2 Å². The zero-order valence-electron chi connectivity index (χ0n) is 9.08. The van der Waals surface area contributed by atoms with E-state index in [4.69, 9.17) is 5.11 Å². The largest absolute Gasteiger partial charge is 0.507 e. The van der Waals surface area contributed by atoms with Crippen LogP contribution in [0.2, 0.25) is 0 Å². The standard InChI is InChI=1S/C12H16O3/c1-3-4-5-9-7-10(12(14)15)6-8(2)11(9)13/h6-7,13H,3-5H2,1-2H3,(H,14,15). The van der Waals surface area contributed by atoms with Crippen LogP contribution < -0.4 is 0 Å². The van der Waals surface area contributed by atoms with Crippen molar-refractivity contribution < 1.29 is 15.0 Å². The van der Waals surface area contributed by atoms with E-state index in [1.54, 1.807) is 13.0 Å². The van der Waals surface area contributed by atoms with Crippen LogP contribution in [0.15, 0.2) is 12.1 Å². The van der Waals surface area contributed by atoms with Crippen molar-refractivity contribution in [1.82, 2.24) is 0 Å². The SMILES string of the molecule is CCCCc1cc(C(=O)O)cc(C)c1O. The van der Waals surface area contributed by atoms with Gasteiger partial charge in [0.05, 0.1) is 5.56 Å². The molecule has 0 fully saturated rings. The average molecular weight is 208 g/mol. The monoisotopic (exact) mass is 208 g/mol. The Hall–Kier alpha value is -1.51. The van der Waals surface area contributed by atoms with Crippen LogP contribution >= 0.6 is 0 Å². The van der Waals surface area contributed by atoms with Crippen LogP contribution in [0.1, 0.15) is 41.3 Å². The quantitative estimate of drug-likeness (QED) is 0.799. The van der Waals surface area contributed by atoms with E-state index in [1.807, 2.05) is 0 Å². The first-order valence-electron chi connectivity index (χ1n) is 5.12. The molecule has 2 N–H and O–H groups in total. The predicted octanol–water partition coefficient (Wildman–Crippen LogP) is 2.74. The molecule has 1 aromatic carbocycles. The highest BCUT2D eigenvalue weighted by molar-refractivity contribution is 5.88. The number of aryl methyl sites for hydroxylation is 2. The Bertz CT molecular complexity index is 369. The highest BCUT2D eigenvalue weighted by atomic mass is 16.4. The molecule has 0 saturated heterocycles. The summed E-state index contributed by atoms with van der Waals surface area (Å²) in [4.78, 5) is 10.8. The Balaban J connectivity index is 3.07. The van der Waals surface area contributed by atoms with Gasteiger partial charge in [0, 0.05) is 0 Å². The average Bonchev–Trinajstić information content (AvgIpc) is 2.19. The summed E-state index contributed by atoms with van der Waals surface area (Å²) in [6.07, 6.45) is 2.70. The number of carboxylic acids is 1. The number of phenolic OH excluding ortho intramolecular Hbond substituents is 1. The smallest absolute Gasteiger partial charge is 0.335 e. The minimum atomic E-state index is -0.948. The predicted molar refractivity (Wildman–Crippen MR) is 58.4 cm³/mol. The van der Waals surface area contributed by atoms with E-state index in [0.29, 0.717) is 5.56 Å². The van der Waals surface area contributed by atoms with Crippen LogP contribution in [0.4, 0.5) is 0 Å².